The van der Waals surface area contributed by atoms with Gasteiger partial charge in [0.05, 0.1) is 17.0 Å². The molecule has 130 valence electrons. The summed E-state index contributed by atoms with van der Waals surface area (Å²) in [6.07, 6.45) is 0.234. The van der Waals surface area contributed by atoms with E-state index in [0.29, 0.717) is 23.4 Å². The number of aromatic hydroxyl groups is 1. The van der Waals surface area contributed by atoms with Crippen molar-refractivity contribution in [2.24, 2.45) is 22.7 Å². The van der Waals surface area contributed by atoms with Crippen LogP contribution in [0.5, 0.6) is 5.75 Å². The highest BCUT2D eigenvalue weighted by Gasteiger charge is 2.67. The van der Waals surface area contributed by atoms with Gasteiger partial charge in [-0.25, -0.2) is 0 Å². The van der Waals surface area contributed by atoms with Crippen molar-refractivity contribution in [2.75, 3.05) is 26.2 Å². The van der Waals surface area contributed by atoms with Gasteiger partial charge in [-0.2, -0.15) is 0 Å². The molecule has 4 heteroatoms. The van der Waals surface area contributed by atoms with Crippen LogP contribution in [0.25, 0.3) is 0 Å². The quantitative estimate of drug-likeness (QED) is 0.926. The minimum atomic E-state index is -0.228. The van der Waals surface area contributed by atoms with Crippen molar-refractivity contribution in [1.82, 2.24) is 9.80 Å². The SMILES string of the molecule is CC(C)C12CN3CC(C(C)C)(CN(C1)C3c1ccc(O)cc1)C2=O. The third kappa shape index (κ3) is 1.90. The lowest BCUT2D eigenvalue weighted by molar-refractivity contribution is -0.217. The maximum absolute atomic E-state index is 13.5. The number of carbonyl (C=O) groups excluding carboxylic acids is 1. The third-order valence-corrected chi connectivity index (χ3v) is 6.94. The number of carbonyl (C=O) groups is 1. The van der Waals surface area contributed by atoms with E-state index in [-0.39, 0.29) is 17.0 Å². The number of hydrogen-bond donors (Lipinski definition) is 1. The van der Waals surface area contributed by atoms with E-state index >= 15 is 0 Å². The molecule has 0 aliphatic carbocycles. The van der Waals surface area contributed by atoms with E-state index in [0.717, 1.165) is 26.2 Å². The number of benzene rings is 1. The topological polar surface area (TPSA) is 43.8 Å². The number of nitrogens with zero attached hydrogens (tertiary/aromatic N) is 2. The molecule has 0 spiro atoms. The fraction of sp³-hybridized carbons (Fsp3) is 0.650. The Morgan fingerprint density at radius 3 is 1.71 bits per heavy atom. The van der Waals surface area contributed by atoms with Gasteiger partial charge < -0.3 is 5.11 Å². The molecule has 0 aromatic heterocycles. The monoisotopic (exact) mass is 328 g/mol. The minimum absolute atomic E-state index is 0.228. The summed E-state index contributed by atoms with van der Waals surface area (Å²) in [5, 5.41) is 9.60. The van der Waals surface area contributed by atoms with Crippen LogP contribution in [0.1, 0.15) is 39.4 Å². The first-order chi connectivity index (χ1) is 11.3. The van der Waals surface area contributed by atoms with Gasteiger partial charge >= 0.3 is 0 Å². The van der Waals surface area contributed by atoms with Crippen LogP contribution >= 0.6 is 0 Å². The second-order valence-electron chi connectivity index (χ2n) is 8.73. The maximum atomic E-state index is 13.5. The minimum Gasteiger partial charge on any atom is -0.508 e. The van der Waals surface area contributed by atoms with Gasteiger partial charge in [0.1, 0.15) is 5.75 Å². The van der Waals surface area contributed by atoms with Crippen molar-refractivity contribution < 1.29 is 9.90 Å². The first kappa shape index (κ1) is 16.1. The first-order valence-corrected chi connectivity index (χ1v) is 9.12. The van der Waals surface area contributed by atoms with Crippen molar-refractivity contribution in [3.8, 4) is 5.75 Å². The second kappa shape index (κ2) is 5.06. The van der Waals surface area contributed by atoms with E-state index in [9.17, 15) is 9.90 Å². The average Bonchev–Trinajstić information content (AvgIpc) is 2.52. The van der Waals surface area contributed by atoms with Crippen molar-refractivity contribution >= 4 is 5.78 Å². The van der Waals surface area contributed by atoms with E-state index in [4.69, 9.17) is 0 Å². The van der Waals surface area contributed by atoms with E-state index in [1.165, 1.54) is 5.56 Å². The number of piperidine rings is 2. The molecule has 0 unspecified atom stereocenters. The molecule has 4 bridgehead atoms. The highest BCUT2D eigenvalue weighted by atomic mass is 16.3. The lowest BCUT2D eigenvalue weighted by atomic mass is 9.53. The predicted octanol–water partition coefficient (Wildman–Crippen LogP) is 2.89. The normalized spacial score (nSPS) is 40.8. The van der Waals surface area contributed by atoms with E-state index in [2.05, 4.69) is 37.5 Å². The van der Waals surface area contributed by atoms with Crippen molar-refractivity contribution in [3.05, 3.63) is 29.8 Å². The molecule has 0 saturated carbocycles. The molecule has 5 rings (SSSR count). The summed E-state index contributed by atoms with van der Waals surface area (Å²) in [5.74, 6) is 1.53. The average molecular weight is 328 g/mol. The molecule has 4 nitrogen and oxygen atoms in total. The van der Waals surface area contributed by atoms with Crippen LogP contribution in [-0.2, 0) is 4.79 Å². The van der Waals surface area contributed by atoms with Gasteiger partial charge in [0.15, 0.2) is 5.78 Å². The number of hydrogen-bond acceptors (Lipinski definition) is 4. The Balaban J connectivity index is 1.78. The molecule has 4 aliphatic heterocycles. The molecule has 24 heavy (non-hydrogen) atoms. The largest absolute Gasteiger partial charge is 0.508 e. The number of rotatable bonds is 3. The first-order valence-electron chi connectivity index (χ1n) is 9.12. The summed E-state index contributed by atoms with van der Waals surface area (Å²) in [6.45, 7) is 12.3. The molecule has 4 saturated heterocycles. The van der Waals surface area contributed by atoms with Gasteiger partial charge in [-0.05, 0) is 29.5 Å². The zero-order valence-electron chi connectivity index (χ0n) is 15.1. The Morgan fingerprint density at radius 1 is 0.917 bits per heavy atom. The van der Waals surface area contributed by atoms with Crippen LogP contribution in [0.2, 0.25) is 0 Å². The van der Waals surface area contributed by atoms with E-state index in [1.807, 2.05) is 12.1 Å². The Labute approximate surface area is 144 Å². The fourth-order valence-corrected chi connectivity index (χ4v) is 5.34. The van der Waals surface area contributed by atoms with Gasteiger partial charge in [0.2, 0.25) is 0 Å². The van der Waals surface area contributed by atoms with Crippen LogP contribution in [0.15, 0.2) is 24.3 Å². The Morgan fingerprint density at radius 2 is 1.33 bits per heavy atom. The lowest BCUT2D eigenvalue weighted by Crippen LogP contribution is -2.78. The zero-order chi connectivity index (χ0) is 17.3. The molecule has 1 N–H and O–H groups in total. The number of Topliss-reactive ketones (excluding diaryl/α,β-unsaturated/α-hetero) is 1. The standard InChI is InChI=1S/C20H28N2O2/c1-13(2)19-9-21-11-20(14(3)4,18(19)24)12-22(10-19)17(21)15-5-7-16(23)8-6-15/h5-8,13-14,17,23H,9-12H2,1-4H3. The van der Waals surface area contributed by atoms with Gasteiger partial charge in [-0.1, -0.05) is 39.8 Å². The molecule has 0 amide bonds. The van der Waals surface area contributed by atoms with E-state index in [1.54, 1.807) is 12.1 Å². The van der Waals surface area contributed by atoms with Crippen molar-refractivity contribution in [3.63, 3.8) is 0 Å². The van der Waals surface area contributed by atoms with Gasteiger partial charge in [-0.15, -0.1) is 0 Å². The van der Waals surface area contributed by atoms with Crippen molar-refractivity contribution in [2.45, 2.75) is 33.9 Å². The molecule has 1 aromatic carbocycles. The van der Waals surface area contributed by atoms with Crippen LogP contribution < -0.4 is 0 Å². The molecule has 1 aromatic rings. The number of phenolic OH excluding ortho intramolecular Hbond substituents is 1. The predicted molar refractivity (Wildman–Crippen MR) is 93.5 cm³/mol. The highest BCUT2D eigenvalue weighted by Crippen LogP contribution is 2.57. The summed E-state index contributed by atoms with van der Waals surface area (Å²) in [5.41, 5.74) is 0.763. The summed E-state index contributed by atoms with van der Waals surface area (Å²) >= 11 is 0. The molecular formula is C20H28N2O2. The van der Waals surface area contributed by atoms with Crippen LogP contribution in [0, 0.1) is 22.7 Å². The van der Waals surface area contributed by atoms with Gasteiger partial charge in [-0.3, -0.25) is 14.6 Å². The summed E-state index contributed by atoms with van der Waals surface area (Å²) < 4.78 is 0. The van der Waals surface area contributed by atoms with Crippen LogP contribution in [0.4, 0.5) is 0 Å². The highest BCUT2D eigenvalue weighted by molar-refractivity contribution is 5.94. The Hall–Kier alpha value is -1.39. The van der Waals surface area contributed by atoms with Gasteiger partial charge in [0, 0.05) is 26.2 Å². The molecule has 0 atom stereocenters. The van der Waals surface area contributed by atoms with Crippen LogP contribution in [-0.4, -0.2) is 46.9 Å². The van der Waals surface area contributed by atoms with Gasteiger partial charge in [0.25, 0.3) is 0 Å². The molecule has 0 radical (unpaired) electrons. The smallest absolute Gasteiger partial charge is 0.150 e. The lowest BCUT2D eigenvalue weighted by Gasteiger charge is -2.68. The molecule has 4 heterocycles. The summed E-state index contributed by atoms with van der Waals surface area (Å²) in [4.78, 5) is 18.5. The number of phenols is 1. The molecule has 4 aliphatic rings. The van der Waals surface area contributed by atoms with E-state index < -0.39 is 0 Å². The Kier molecular flexibility index (Phi) is 3.39. The summed E-state index contributed by atoms with van der Waals surface area (Å²) in [6, 6.07) is 7.58. The third-order valence-electron chi connectivity index (χ3n) is 6.94. The van der Waals surface area contributed by atoms with Crippen LogP contribution in [0.3, 0.4) is 0 Å². The second-order valence-corrected chi connectivity index (χ2v) is 8.73. The molecular weight excluding hydrogens is 300 g/mol. The fourth-order valence-electron chi connectivity index (χ4n) is 5.34. The Bertz CT molecular complexity index is 619. The maximum Gasteiger partial charge on any atom is 0.150 e. The zero-order valence-corrected chi connectivity index (χ0v) is 15.1. The number of ketones is 1. The molecule has 4 fully saturated rings. The van der Waals surface area contributed by atoms with Crippen molar-refractivity contribution in [1.29, 1.82) is 0 Å². The summed E-state index contributed by atoms with van der Waals surface area (Å²) in [7, 11) is 0.